The van der Waals surface area contributed by atoms with Crippen LogP contribution in [0.1, 0.15) is 85.8 Å². The Morgan fingerprint density at radius 1 is 0.587 bits per heavy atom. The fraction of sp³-hybridized carbons (Fsp3) is 0.478. The molecule has 0 saturated heterocycles. The van der Waals surface area contributed by atoms with E-state index in [0.717, 1.165) is 59.6 Å². The van der Waals surface area contributed by atoms with Gasteiger partial charge in [0.05, 0.1) is 47.4 Å². The van der Waals surface area contributed by atoms with Crippen molar-refractivity contribution >= 4 is 66.5 Å². The van der Waals surface area contributed by atoms with Crippen molar-refractivity contribution in [3.05, 3.63) is 126 Å². The number of nitrogens with one attached hydrogen (secondary N) is 2. The second-order valence-electron chi connectivity index (χ2n) is 17.7. The van der Waals surface area contributed by atoms with Crippen LogP contribution in [-0.2, 0) is 47.3 Å². The number of benzene rings is 4. The predicted molar refractivity (Wildman–Crippen MR) is 253 cm³/mol. The third-order valence-corrected chi connectivity index (χ3v) is 15.7. The molecule has 11 nitrogen and oxygen atoms in total. The minimum Gasteiger partial charge on any atom is -0.378 e. The average molecular weight is 985 g/mol. The van der Waals surface area contributed by atoms with Gasteiger partial charge in [-0.3, -0.25) is 0 Å². The zero-order chi connectivity index (χ0) is 45.7. The van der Waals surface area contributed by atoms with Crippen LogP contribution >= 0.6 is 46.4 Å². The van der Waals surface area contributed by atoms with Crippen LogP contribution in [0.4, 0.5) is 0 Å². The lowest BCUT2D eigenvalue weighted by atomic mass is 9.85. The maximum Gasteiger partial charge on any atom is 0.240 e. The number of nitrogens with zero attached hydrogens (tertiary/aromatic N) is 2. The third-order valence-electron chi connectivity index (χ3n) is 11.6. The summed E-state index contributed by atoms with van der Waals surface area (Å²) in [4.78, 5) is 4.75. The highest BCUT2D eigenvalue weighted by Gasteiger charge is 2.30. The van der Waals surface area contributed by atoms with Gasteiger partial charge in [-0.15, -0.1) is 0 Å². The number of fused-ring (bicyclic) bond motifs is 2. The van der Waals surface area contributed by atoms with E-state index >= 15 is 0 Å². The fourth-order valence-electron chi connectivity index (χ4n) is 8.12. The quantitative estimate of drug-likeness (QED) is 0.0835. The SMILES string of the molecule is CN1Cc2c(Cl)cc(Cl)cc2C(c2ccc(S(=O)(=O)NCCOCCOC(C)(C)CCOC(C)(C)CCNS(=O)(=O)c3ccc(C4CN(C)Cc5c(Cl)cc(Cl)cc54)cc3)cc2)C1. The van der Waals surface area contributed by atoms with Gasteiger partial charge >= 0.3 is 0 Å². The molecule has 0 aliphatic carbocycles. The maximum atomic E-state index is 13.2. The summed E-state index contributed by atoms with van der Waals surface area (Å²) in [7, 11) is -3.42. The lowest BCUT2D eigenvalue weighted by Crippen LogP contribution is -2.35. The van der Waals surface area contributed by atoms with Crippen LogP contribution in [0.15, 0.2) is 82.6 Å². The zero-order valence-electron chi connectivity index (χ0n) is 36.6. The van der Waals surface area contributed by atoms with E-state index in [1.807, 2.05) is 78.2 Å². The summed E-state index contributed by atoms with van der Waals surface area (Å²) in [5.41, 5.74) is 5.06. The van der Waals surface area contributed by atoms with Gasteiger partial charge in [0.2, 0.25) is 20.0 Å². The van der Waals surface area contributed by atoms with Crippen molar-refractivity contribution in [3.8, 4) is 0 Å². The van der Waals surface area contributed by atoms with Crippen molar-refractivity contribution in [1.82, 2.24) is 19.2 Å². The maximum absolute atomic E-state index is 13.2. The molecule has 0 spiro atoms. The van der Waals surface area contributed by atoms with Gasteiger partial charge in [0.25, 0.3) is 0 Å². The molecule has 2 aliphatic rings. The Balaban J connectivity index is 0.866. The summed E-state index contributed by atoms with van der Waals surface area (Å²) in [6, 6.07) is 21.3. The van der Waals surface area contributed by atoms with Crippen molar-refractivity contribution in [3.63, 3.8) is 0 Å². The number of ether oxygens (including phenoxy) is 3. The highest BCUT2D eigenvalue weighted by Crippen LogP contribution is 2.40. The Kier molecular flexibility index (Phi) is 16.8. The molecule has 2 N–H and O–H groups in total. The predicted octanol–water partition coefficient (Wildman–Crippen LogP) is 9.10. The number of halogens is 4. The Morgan fingerprint density at radius 2 is 1.02 bits per heavy atom. The average Bonchev–Trinajstić information content (AvgIpc) is 3.20. The Hall–Kier alpha value is -2.34. The largest absolute Gasteiger partial charge is 0.378 e. The molecule has 2 heterocycles. The van der Waals surface area contributed by atoms with Crippen molar-refractivity contribution in [2.24, 2.45) is 0 Å². The Morgan fingerprint density at radius 3 is 1.49 bits per heavy atom. The Bertz CT molecular complexity index is 2440. The molecule has 2 atom stereocenters. The van der Waals surface area contributed by atoms with Gasteiger partial charge in [0.1, 0.15) is 0 Å². The van der Waals surface area contributed by atoms with E-state index < -0.39 is 31.2 Å². The van der Waals surface area contributed by atoms with Gasteiger partial charge in [-0.2, -0.15) is 0 Å². The van der Waals surface area contributed by atoms with Crippen LogP contribution in [0, 0.1) is 0 Å². The second kappa shape index (κ2) is 21.1. The van der Waals surface area contributed by atoms with Crippen LogP contribution < -0.4 is 9.44 Å². The highest BCUT2D eigenvalue weighted by atomic mass is 35.5. The molecular weight excluding hydrogens is 926 g/mol. The molecule has 0 bridgehead atoms. The number of sulfonamides is 2. The van der Waals surface area contributed by atoms with E-state index in [-0.39, 0.29) is 47.9 Å². The normalized spacial score (nSPS) is 17.7. The molecule has 63 heavy (non-hydrogen) atoms. The van der Waals surface area contributed by atoms with Gasteiger partial charge in [-0.25, -0.2) is 26.3 Å². The first kappa shape index (κ1) is 50.1. The van der Waals surface area contributed by atoms with Gasteiger partial charge in [0.15, 0.2) is 0 Å². The summed E-state index contributed by atoms with van der Waals surface area (Å²) in [6.45, 7) is 12.3. The summed E-state index contributed by atoms with van der Waals surface area (Å²) in [6.07, 6.45) is 1.05. The molecule has 344 valence electrons. The molecule has 6 rings (SSSR count). The molecule has 2 unspecified atom stereocenters. The molecule has 0 amide bonds. The molecular formula is C46H58Cl4N4O7S2. The van der Waals surface area contributed by atoms with E-state index in [2.05, 4.69) is 19.2 Å². The first-order chi connectivity index (χ1) is 29.6. The molecule has 0 saturated carbocycles. The number of likely N-dealkylation sites (N-methyl/N-ethyl adjacent to an activating group) is 2. The fourth-order valence-corrected chi connectivity index (χ4v) is 11.3. The molecule has 17 heteroatoms. The Labute approximate surface area is 393 Å². The minimum absolute atomic E-state index is 0.00890. The monoisotopic (exact) mass is 982 g/mol. The lowest BCUT2D eigenvalue weighted by molar-refractivity contribution is -0.0839. The summed E-state index contributed by atoms with van der Waals surface area (Å²) >= 11 is 25.7. The van der Waals surface area contributed by atoms with E-state index in [0.29, 0.717) is 46.1 Å². The third kappa shape index (κ3) is 13.4. The number of hydrogen-bond acceptors (Lipinski definition) is 9. The lowest BCUT2D eigenvalue weighted by Gasteiger charge is -2.33. The minimum atomic E-state index is -3.75. The topological polar surface area (TPSA) is 127 Å². The smallest absolute Gasteiger partial charge is 0.240 e. The van der Waals surface area contributed by atoms with Crippen LogP contribution in [0.3, 0.4) is 0 Å². The van der Waals surface area contributed by atoms with Gasteiger partial charge in [-0.05, 0) is 137 Å². The van der Waals surface area contributed by atoms with E-state index in [1.165, 1.54) is 0 Å². The summed E-state index contributed by atoms with van der Waals surface area (Å²) < 4.78 is 75.7. The first-order valence-electron chi connectivity index (χ1n) is 21.0. The molecule has 4 aromatic carbocycles. The van der Waals surface area contributed by atoms with Crippen LogP contribution in [0.2, 0.25) is 20.1 Å². The van der Waals surface area contributed by atoms with Crippen molar-refractivity contribution in [2.45, 2.75) is 86.5 Å². The van der Waals surface area contributed by atoms with Crippen LogP contribution in [0.5, 0.6) is 0 Å². The van der Waals surface area contributed by atoms with Crippen LogP contribution in [0.25, 0.3) is 0 Å². The standard InChI is InChI=1S/C46H58Cl4N4O7S2/c1-45(2,15-17-51-62(55,56)35-11-7-31(8-12-35)39-27-53(5)29-41-37(39)23-33(47)25-43(41)49)60-19-16-46(3,4)61-22-21-59-20-18-52-63(57,58)36-13-9-32(10-14-36)40-28-54(6)30-42-38(40)24-34(48)26-44(42)50/h7-14,23-26,39-40,51-52H,15-22,27-30H2,1-6H3. The van der Waals surface area contributed by atoms with Gasteiger partial charge < -0.3 is 24.0 Å². The molecule has 0 radical (unpaired) electrons. The molecule has 0 aromatic heterocycles. The highest BCUT2D eigenvalue weighted by molar-refractivity contribution is 7.89. The van der Waals surface area contributed by atoms with E-state index in [4.69, 9.17) is 60.6 Å². The summed E-state index contributed by atoms with van der Waals surface area (Å²) in [5.74, 6) is 0.0194. The van der Waals surface area contributed by atoms with Crippen molar-refractivity contribution < 1.29 is 31.0 Å². The van der Waals surface area contributed by atoms with Gasteiger partial charge in [0, 0.05) is 71.2 Å². The van der Waals surface area contributed by atoms with Crippen LogP contribution in [-0.4, -0.2) is 105 Å². The van der Waals surface area contributed by atoms with E-state index in [1.54, 1.807) is 36.4 Å². The van der Waals surface area contributed by atoms with E-state index in [9.17, 15) is 16.8 Å². The molecule has 0 fully saturated rings. The number of rotatable bonds is 20. The van der Waals surface area contributed by atoms with Crippen molar-refractivity contribution in [2.75, 3.05) is 66.7 Å². The summed E-state index contributed by atoms with van der Waals surface area (Å²) in [5, 5.41) is 2.42. The zero-order valence-corrected chi connectivity index (χ0v) is 41.3. The molecule has 4 aromatic rings. The molecule has 2 aliphatic heterocycles. The first-order valence-corrected chi connectivity index (χ1v) is 25.5. The number of hydrogen-bond donors (Lipinski definition) is 2. The second-order valence-corrected chi connectivity index (χ2v) is 22.9. The van der Waals surface area contributed by atoms with Crippen molar-refractivity contribution in [1.29, 1.82) is 0 Å². The van der Waals surface area contributed by atoms with Gasteiger partial charge in [-0.1, -0.05) is 70.7 Å².